The van der Waals surface area contributed by atoms with E-state index >= 15 is 0 Å². The van der Waals surface area contributed by atoms with Crippen LogP contribution in [-0.2, 0) is 6.42 Å². The molecule has 1 aromatic heterocycles. The minimum absolute atomic E-state index is 0.543. The second-order valence-electron chi connectivity index (χ2n) is 6.05. The summed E-state index contributed by atoms with van der Waals surface area (Å²) in [6.07, 6.45) is 4.47. The van der Waals surface area contributed by atoms with Crippen LogP contribution in [0.3, 0.4) is 0 Å². The van der Waals surface area contributed by atoms with Crippen LogP contribution in [-0.4, -0.2) is 32.4 Å². The Labute approximate surface area is 173 Å². The lowest BCUT2D eigenvalue weighted by molar-refractivity contribution is 0.288. The van der Waals surface area contributed by atoms with Gasteiger partial charge in [-0.2, -0.15) is 0 Å². The normalized spacial score (nSPS) is 10.1. The van der Waals surface area contributed by atoms with Crippen LogP contribution in [0, 0.1) is 0 Å². The molecule has 0 bridgehead atoms. The molecule has 29 heavy (non-hydrogen) atoms. The molecular weight excluding hydrogens is 366 g/mol. The topological polar surface area (TPSA) is 49.8 Å². The number of methoxy groups -OCH3 is 2. The molecule has 0 amide bonds. The quantitative estimate of drug-likeness (QED) is 0.490. The van der Waals surface area contributed by atoms with E-state index in [2.05, 4.69) is 11.1 Å². The van der Waals surface area contributed by atoms with E-state index in [-0.39, 0.29) is 0 Å². The number of ether oxygens (including phenoxy) is 4. The van der Waals surface area contributed by atoms with Crippen LogP contribution >= 0.6 is 0 Å². The van der Waals surface area contributed by atoms with Gasteiger partial charge < -0.3 is 18.9 Å². The first kappa shape index (κ1) is 22.3. The summed E-state index contributed by atoms with van der Waals surface area (Å²) in [5.74, 6) is 2.81. The molecule has 0 saturated heterocycles. The summed E-state index contributed by atoms with van der Waals surface area (Å²) in [6, 6.07) is 10.1. The molecule has 0 spiro atoms. The Bertz CT molecular complexity index is 899. The molecule has 2 aromatic carbocycles. The number of benzene rings is 2. The van der Waals surface area contributed by atoms with Crippen molar-refractivity contribution in [1.82, 2.24) is 4.98 Å². The van der Waals surface area contributed by atoms with Crippen LogP contribution in [0.15, 0.2) is 42.7 Å². The average Bonchev–Trinajstić information content (AvgIpc) is 2.76. The molecule has 0 fully saturated rings. The maximum Gasteiger partial charge on any atom is 0.203 e. The Kier molecular flexibility index (Phi) is 8.59. The highest BCUT2D eigenvalue weighted by atomic mass is 16.5. The third-order valence-electron chi connectivity index (χ3n) is 4.33. The number of hydrogen-bond donors (Lipinski definition) is 0. The van der Waals surface area contributed by atoms with Gasteiger partial charge in [0.2, 0.25) is 5.75 Å². The van der Waals surface area contributed by atoms with E-state index in [1.165, 1.54) is 0 Å². The molecule has 3 rings (SSSR count). The number of rotatable bonds is 8. The highest BCUT2D eigenvalue weighted by molar-refractivity contribution is 5.86. The Balaban J connectivity index is 0.00000145. The van der Waals surface area contributed by atoms with Gasteiger partial charge in [0.15, 0.2) is 11.5 Å². The summed E-state index contributed by atoms with van der Waals surface area (Å²) in [7, 11) is 3.27. The van der Waals surface area contributed by atoms with Crippen molar-refractivity contribution < 1.29 is 18.9 Å². The van der Waals surface area contributed by atoms with Gasteiger partial charge in [0.05, 0.1) is 27.4 Å². The molecule has 0 atom stereocenters. The number of fused-ring (bicyclic) bond motifs is 1. The van der Waals surface area contributed by atoms with Gasteiger partial charge in [0, 0.05) is 17.8 Å². The standard InChI is InChI=1S/C22H25NO4.C2H6/c1-5-26-18-7-8-19-16(13-23-14-17(19)12-18)9-15-10-20(24-3)22(27-6-2)21(11-15)25-4;1-2/h7-8,10-14H,5-6,9H2,1-4H3;1-2H3. The van der Waals surface area contributed by atoms with E-state index in [0.717, 1.165) is 27.6 Å². The van der Waals surface area contributed by atoms with Gasteiger partial charge in [-0.15, -0.1) is 0 Å². The average molecular weight is 398 g/mol. The predicted octanol–water partition coefficient (Wildman–Crippen LogP) is 5.67. The lowest BCUT2D eigenvalue weighted by atomic mass is 10.00. The van der Waals surface area contributed by atoms with Crippen LogP contribution in [0.5, 0.6) is 23.0 Å². The molecule has 156 valence electrons. The van der Waals surface area contributed by atoms with Gasteiger partial charge in [-0.3, -0.25) is 4.98 Å². The van der Waals surface area contributed by atoms with Crippen LogP contribution < -0.4 is 18.9 Å². The molecular formula is C24H31NO4. The van der Waals surface area contributed by atoms with Gasteiger partial charge in [-0.1, -0.05) is 19.9 Å². The van der Waals surface area contributed by atoms with Crippen molar-refractivity contribution in [2.45, 2.75) is 34.1 Å². The summed E-state index contributed by atoms with van der Waals surface area (Å²) < 4.78 is 22.3. The van der Waals surface area contributed by atoms with Crippen LogP contribution in [0.2, 0.25) is 0 Å². The van der Waals surface area contributed by atoms with Gasteiger partial charge >= 0.3 is 0 Å². The van der Waals surface area contributed by atoms with Gasteiger partial charge in [-0.05, 0) is 61.0 Å². The zero-order chi connectivity index (χ0) is 21.2. The summed E-state index contributed by atoms with van der Waals surface area (Å²) in [5.41, 5.74) is 2.19. The molecule has 5 heteroatoms. The van der Waals surface area contributed by atoms with Gasteiger partial charge in [0.25, 0.3) is 0 Å². The largest absolute Gasteiger partial charge is 0.494 e. The lowest BCUT2D eigenvalue weighted by Gasteiger charge is -2.16. The van der Waals surface area contributed by atoms with Crippen molar-refractivity contribution in [3.63, 3.8) is 0 Å². The van der Waals surface area contributed by atoms with E-state index in [1.54, 1.807) is 14.2 Å². The van der Waals surface area contributed by atoms with Gasteiger partial charge in [0.1, 0.15) is 5.75 Å². The number of pyridine rings is 1. The zero-order valence-electron chi connectivity index (χ0n) is 18.2. The third kappa shape index (κ3) is 5.31. The Morgan fingerprint density at radius 2 is 1.48 bits per heavy atom. The lowest BCUT2D eigenvalue weighted by Crippen LogP contribution is -2.01. The van der Waals surface area contributed by atoms with Crippen molar-refractivity contribution >= 4 is 10.8 Å². The highest BCUT2D eigenvalue weighted by Gasteiger charge is 2.15. The Hall–Kier alpha value is -2.95. The van der Waals surface area contributed by atoms with E-state index in [1.807, 2.05) is 64.4 Å². The molecule has 0 aliphatic rings. The molecule has 0 aliphatic carbocycles. The fraction of sp³-hybridized carbons (Fsp3) is 0.375. The SMILES string of the molecule is CC.CCOc1ccc2c(Cc3cc(OC)c(OCC)c(OC)c3)cncc2c1. The first-order valence-electron chi connectivity index (χ1n) is 10.1. The molecule has 5 nitrogen and oxygen atoms in total. The van der Waals surface area contributed by atoms with E-state index in [0.29, 0.717) is 36.9 Å². The monoisotopic (exact) mass is 397 g/mol. The van der Waals surface area contributed by atoms with E-state index in [9.17, 15) is 0 Å². The maximum absolute atomic E-state index is 5.69. The van der Waals surface area contributed by atoms with Gasteiger partial charge in [-0.25, -0.2) is 0 Å². The molecule has 3 aromatic rings. The molecule has 0 aliphatic heterocycles. The summed E-state index contributed by atoms with van der Waals surface area (Å²) in [4.78, 5) is 4.40. The van der Waals surface area contributed by atoms with Crippen molar-refractivity contribution in [1.29, 1.82) is 0 Å². The first-order valence-corrected chi connectivity index (χ1v) is 10.1. The smallest absolute Gasteiger partial charge is 0.203 e. The van der Waals surface area contributed by atoms with Crippen LogP contribution in [0.4, 0.5) is 0 Å². The molecule has 1 heterocycles. The number of aromatic nitrogens is 1. The molecule has 0 saturated carbocycles. The van der Waals surface area contributed by atoms with Crippen molar-refractivity contribution in [2.75, 3.05) is 27.4 Å². The highest BCUT2D eigenvalue weighted by Crippen LogP contribution is 2.39. The maximum atomic E-state index is 5.69. The number of nitrogens with zero attached hydrogens (tertiary/aromatic N) is 1. The van der Waals surface area contributed by atoms with Crippen molar-refractivity contribution in [3.05, 3.63) is 53.9 Å². The molecule has 0 N–H and O–H groups in total. The first-order chi connectivity index (χ1) is 14.2. The summed E-state index contributed by atoms with van der Waals surface area (Å²) in [5, 5.41) is 2.21. The van der Waals surface area contributed by atoms with Crippen molar-refractivity contribution in [2.24, 2.45) is 0 Å². The van der Waals surface area contributed by atoms with E-state index < -0.39 is 0 Å². The zero-order valence-corrected chi connectivity index (χ0v) is 18.2. The summed E-state index contributed by atoms with van der Waals surface area (Å²) in [6.45, 7) is 9.10. The fourth-order valence-corrected chi connectivity index (χ4v) is 3.16. The molecule has 0 radical (unpaired) electrons. The predicted molar refractivity (Wildman–Crippen MR) is 118 cm³/mol. The Morgan fingerprint density at radius 3 is 2.07 bits per heavy atom. The minimum atomic E-state index is 0.543. The number of hydrogen-bond acceptors (Lipinski definition) is 5. The summed E-state index contributed by atoms with van der Waals surface area (Å²) >= 11 is 0. The van der Waals surface area contributed by atoms with Crippen LogP contribution in [0.1, 0.15) is 38.8 Å². The van der Waals surface area contributed by atoms with E-state index in [4.69, 9.17) is 18.9 Å². The van der Waals surface area contributed by atoms with Crippen LogP contribution in [0.25, 0.3) is 10.8 Å². The second kappa shape index (κ2) is 11.1. The van der Waals surface area contributed by atoms with Crippen molar-refractivity contribution in [3.8, 4) is 23.0 Å². The fourth-order valence-electron chi connectivity index (χ4n) is 3.16. The minimum Gasteiger partial charge on any atom is -0.494 e. The third-order valence-corrected chi connectivity index (χ3v) is 4.33. The second-order valence-corrected chi connectivity index (χ2v) is 6.05. The Morgan fingerprint density at radius 1 is 0.828 bits per heavy atom. The molecule has 0 unspecified atom stereocenters.